The van der Waals surface area contributed by atoms with Crippen molar-refractivity contribution in [3.8, 4) is 0 Å². The number of piperazine rings is 1. The van der Waals surface area contributed by atoms with Crippen molar-refractivity contribution in [3.63, 3.8) is 0 Å². The first-order valence-electron chi connectivity index (χ1n) is 15.2. The Bertz CT molecular complexity index is 1300. The lowest BCUT2D eigenvalue weighted by molar-refractivity contribution is -0.122. The van der Waals surface area contributed by atoms with Crippen molar-refractivity contribution in [1.29, 1.82) is 0 Å². The van der Waals surface area contributed by atoms with E-state index in [9.17, 15) is 9.59 Å². The number of nitrogens with one attached hydrogen (secondary N) is 4. The average Bonchev–Trinajstić information content (AvgIpc) is 3.46. The maximum atomic E-state index is 13.2. The van der Waals surface area contributed by atoms with E-state index in [1.54, 1.807) is 6.33 Å². The first-order chi connectivity index (χ1) is 20.7. The molecule has 0 saturated carbocycles. The molecule has 4 rings (SSSR count). The van der Waals surface area contributed by atoms with Gasteiger partial charge in [-0.05, 0) is 63.8 Å². The minimum Gasteiger partial charge on any atom is -0.444 e. The van der Waals surface area contributed by atoms with Crippen molar-refractivity contribution < 1.29 is 14.3 Å². The Morgan fingerprint density at radius 1 is 1.09 bits per heavy atom. The molecule has 1 aromatic carbocycles. The molecule has 11 nitrogen and oxygen atoms in total. The van der Waals surface area contributed by atoms with Gasteiger partial charge in [-0.3, -0.25) is 4.79 Å². The Morgan fingerprint density at radius 2 is 1.84 bits per heavy atom. The Morgan fingerprint density at radius 3 is 2.58 bits per heavy atom. The number of aromatic nitrogens is 3. The van der Waals surface area contributed by atoms with Gasteiger partial charge in [-0.25, -0.2) is 14.8 Å². The van der Waals surface area contributed by atoms with Crippen LogP contribution in [0.1, 0.15) is 58.1 Å². The fraction of sp³-hybridized carbons (Fsp3) is 0.548. The smallest absolute Gasteiger partial charge is 0.407 e. The van der Waals surface area contributed by atoms with E-state index in [2.05, 4.69) is 40.7 Å². The SMILES string of the molecule is CC(C)(C)OC(=O)NCCCN(CCCC(=O)N[C@@H](CCN1CCNCC1)c1ccc(Cl)cc1)c1ncnc2[nH]ccc12. The Balaban J connectivity index is 1.34. The molecule has 0 aliphatic carbocycles. The van der Waals surface area contributed by atoms with Crippen LogP contribution < -0.4 is 20.9 Å². The lowest BCUT2D eigenvalue weighted by Gasteiger charge is -2.29. The zero-order valence-corrected chi connectivity index (χ0v) is 26.3. The van der Waals surface area contributed by atoms with Crippen LogP contribution in [0.2, 0.25) is 5.02 Å². The molecule has 0 radical (unpaired) electrons. The molecule has 2 amide bonds. The number of nitrogens with zero attached hydrogens (tertiary/aromatic N) is 4. The highest BCUT2D eigenvalue weighted by atomic mass is 35.5. The summed E-state index contributed by atoms with van der Waals surface area (Å²) in [5.41, 5.74) is 1.27. The van der Waals surface area contributed by atoms with Crippen molar-refractivity contribution in [2.75, 3.05) is 57.3 Å². The van der Waals surface area contributed by atoms with Gasteiger partial charge in [0.05, 0.1) is 11.4 Å². The molecule has 43 heavy (non-hydrogen) atoms. The number of anilines is 1. The molecule has 1 fully saturated rings. The molecule has 2 aromatic heterocycles. The largest absolute Gasteiger partial charge is 0.444 e. The molecule has 12 heteroatoms. The fourth-order valence-corrected chi connectivity index (χ4v) is 5.30. The summed E-state index contributed by atoms with van der Waals surface area (Å²) in [6.07, 6.45) is 5.50. The average molecular weight is 613 g/mol. The third-order valence-corrected chi connectivity index (χ3v) is 7.54. The second-order valence-corrected chi connectivity index (χ2v) is 12.3. The number of fused-ring (bicyclic) bond motifs is 1. The molecule has 1 atom stereocenters. The van der Waals surface area contributed by atoms with Gasteiger partial charge in [-0.15, -0.1) is 0 Å². The molecule has 1 aliphatic rings. The number of rotatable bonds is 14. The van der Waals surface area contributed by atoms with E-state index < -0.39 is 11.7 Å². The fourth-order valence-electron chi connectivity index (χ4n) is 5.17. The second kappa shape index (κ2) is 15.9. The molecule has 1 aliphatic heterocycles. The van der Waals surface area contributed by atoms with Crippen molar-refractivity contribution in [2.24, 2.45) is 0 Å². The summed E-state index contributed by atoms with van der Waals surface area (Å²) in [5.74, 6) is 0.820. The number of carbonyl (C=O) groups is 2. The summed E-state index contributed by atoms with van der Waals surface area (Å²) in [6.45, 7) is 12.2. The maximum Gasteiger partial charge on any atom is 0.407 e. The van der Waals surface area contributed by atoms with E-state index in [0.29, 0.717) is 43.9 Å². The predicted molar refractivity (Wildman–Crippen MR) is 170 cm³/mol. The Labute approximate surface area is 259 Å². The number of hydrogen-bond acceptors (Lipinski definition) is 8. The van der Waals surface area contributed by atoms with E-state index in [1.807, 2.05) is 57.3 Å². The van der Waals surface area contributed by atoms with Crippen LogP contribution in [0.4, 0.5) is 10.6 Å². The minimum absolute atomic E-state index is 0.0151. The van der Waals surface area contributed by atoms with Gasteiger partial charge < -0.3 is 35.5 Å². The number of ether oxygens (including phenoxy) is 1. The molecule has 0 bridgehead atoms. The number of benzene rings is 1. The molecule has 3 aromatic rings. The van der Waals surface area contributed by atoms with Gasteiger partial charge in [0.15, 0.2) is 0 Å². The number of halogens is 1. The second-order valence-electron chi connectivity index (χ2n) is 11.9. The van der Waals surface area contributed by atoms with Crippen molar-refractivity contribution in [1.82, 2.24) is 35.8 Å². The van der Waals surface area contributed by atoms with Crippen LogP contribution >= 0.6 is 11.6 Å². The molecular weight excluding hydrogens is 568 g/mol. The van der Waals surface area contributed by atoms with Crippen LogP contribution in [0.25, 0.3) is 11.0 Å². The highest BCUT2D eigenvalue weighted by molar-refractivity contribution is 6.30. The first kappa shape index (κ1) is 32.5. The normalized spacial score (nSPS) is 14.8. The van der Waals surface area contributed by atoms with Gasteiger partial charge in [-0.1, -0.05) is 23.7 Å². The number of alkyl carbamates (subject to hydrolysis) is 1. The van der Waals surface area contributed by atoms with Gasteiger partial charge >= 0.3 is 6.09 Å². The summed E-state index contributed by atoms with van der Waals surface area (Å²) in [4.78, 5) is 41.9. The lowest BCUT2D eigenvalue weighted by Crippen LogP contribution is -2.44. The molecule has 0 unspecified atom stereocenters. The number of aromatic amines is 1. The molecule has 1 saturated heterocycles. The van der Waals surface area contributed by atoms with Crippen LogP contribution in [0.3, 0.4) is 0 Å². The van der Waals surface area contributed by atoms with Crippen LogP contribution in [-0.2, 0) is 9.53 Å². The Hall–Kier alpha value is -3.41. The van der Waals surface area contributed by atoms with E-state index in [0.717, 1.165) is 61.6 Å². The number of hydrogen-bond donors (Lipinski definition) is 4. The van der Waals surface area contributed by atoms with Crippen molar-refractivity contribution >= 4 is 40.5 Å². The van der Waals surface area contributed by atoms with Gasteiger partial charge in [0.25, 0.3) is 0 Å². The van der Waals surface area contributed by atoms with E-state index >= 15 is 0 Å². The van der Waals surface area contributed by atoms with Crippen molar-refractivity contribution in [3.05, 3.63) is 53.4 Å². The summed E-state index contributed by atoms with van der Waals surface area (Å²) in [7, 11) is 0. The molecular formula is C31H45ClN8O3. The predicted octanol–water partition coefficient (Wildman–Crippen LogP) is 4.27. The van der Waals surface area contributed by atoms with E-state index in [1.165, 1.54) is 0 Å². The van der Waals surface area contributed by atoms with Crippen molar-refractivity contribution in [2.45, 2.75) is 58.1 Å². The highest BCUT2D eigenvalue weighted by Gasteiger charge is 2.20. The quantitative estimate of drug-likeness (QED) is 0.199. The van der Waals surface area contributed by atoms with E-state index in [-0.39, 0.29) is 11.9 Å². The topological polar surface area (TPSA) is 128 Å². The zero-order valence-electron chi connectivity index (χ0n) is 25.5. The third-order valence-electron chi connectivity index (χ3n) is 7.29. The van der Waals surface area contributed by atoms with Gasteiger partial charge in [0, 0.05) is 70.0 Å². The van der Waals surface area contributed by atoms with Crippen LogP contribution in [0.5, 0.6) is 0 Å². The molecule has 234 valence electrons. The number of carbonyl (C=O) groups excluding carboxylic acids is 2. The summed E-state index contributed by atoms with van der Waals surface area (Å²) in [5, 5.41) is 11.1. The lowest BCUT2D eigenvalue weighted by atomic mass is 10.0. The molecule has 3 heterocycles. The van der Waals surface area contributed by atoms with E-state index in [4.69, 9.17) is 16.3 Å². The van der Waals surface area contributed by atoms with Gasteiger partial charge in [0.1, 0.15) is 23.4 Å². The number of H-pyrrole nitrogens is 1. The number of amides is 2. The Kier molecular flexibility index (Phi) is 12.0. The summed E-state index contributed by atoms with van der Waals surface area (Å²) >= 11 is 6.14. The minimum atomic E-state index is -0.546. The maximum absolute atomic E-state index is 13.2. The van der Waals surface area contributed by atoms with Crippen LogP contribution in [0, 0.1) is 0 Å². The van der Waals surface area contributed by atoms with Gasteiger partial charge in [-0.2, -0.15) is 0 Å². The summed E-state index contributed by atoms with van der Waals surface area (Å²) in [6, 6.07) is 9.61. The van der Waals surface area contributed by atoms with Crippen LogP contribution in [0.15, 0.2) is 42.9 Å². The molecule has 0 spiro atoms. The highest BCUT2D eigenvalue weighted by Crippen LogP contribution is 2.23. The summed E-state index contributed by atoms with van der Waals surface area (Å²) < 4.78 is 5.34. The first-order valence-corrected chi connectivity index (χ1v) is 15.5. The zero-order chi connectivity index (χ0) is 30.7. The third kappa shape index (κ3) is 10.7. The van der Waals surface area contributed by atoms with Gasteiger partial charge in [0.2, 0.25) is 5.91 Å². The standard InChI is InChI=1S/C31H45ClN8O3/c1-31(2,3)43-30(42)35-13-5-18-40(29-25-11-14-34-28(25)36-22-37-29)17-4-6-27(41)38-26(23-7-9-24(32)10-8-23)12-19-39-20-15-33-16-21-39/h7-11,14,22,26,33H,4-6,12-13,15-21H2,1-3H3,(H,35,42)(H,38,41)(H,34,36,37)/t26-/m0/s1. The monoisotopic (exact) mass is 612 g/mol. The van der Waals surface area contributed by atoms with Crippen LogP contribution in [-0.4, -0.2) is 89.8 Å². The molecule has 4 N–H and O–H groups in total.